The molecular weight excluding hydrogens is 519 g/mol. The van der Waals surface area contributed by atoms with Gasteiger partial charge in [0.15, 0.2) is 11.0 Å². The number of nitrogens with one attached hydrogen (secondary N) is 1. The van der Waals surface area contributed by atoms with Crippen molar-refractivity contribution in [1.82, 2.24) is 25.2 Å². The Morgan fingerprint density at radius 2 is 1.87 bits per heavy atom. The van der Waals surface area contributed by atoms with Crippen molar-refractivity contribution in [3.05, 3.63) is 84.4 Å². The van der Waals surface area contributed by atoms with Gasteiger partial charge in [0.1, 0.15) is 12.1 Å². The Morgan fingerprint density at radius 1 is 1.11 bits per heavy atom. The van der Waals surface area contributed by atoms with Gasteiger partial charge in [0.25, 0.3) is 0 Å². The van der Waals surface area contributed by atoms with E-state index in [4.69, 9.17) is 0 Å². The first-order chi connectivity index (χ1) is 18.3. The molecule has 3 heterocycles. The number of hydrogen-bond acceptors (Lipinski definition) is 8. The smallest absolute Gasteiger partial charge is 0.406 e. The van der Waals surface area contributed by atoms with E-state index in [1.807, 2.05) is 31.2 Å². The van der Waals surface area contributed by atoms with Crippen LogP contribution in [0.25, 0.3) is 17.1 Å². The van der Waals surface area contributed by atoms with Crippen molar-refractivity contribution in [2.75, 3.05) is 10.7 Å². The molecule has 0 radical (unpaired) electrons. The SMILES string of the molecule is Cc1cnccc1N1C(=O)CS/C1=N/NCc1ccc(-c2ncn(-c3ccc(OC(F)(F)F)cc3)n2)cc1. The van der Waals surface area contributed by atoms with Crippen LogP contribution in [0, 0.1) is 6.92 Å². The molecule has 1 saturated heterocycles. The van der Waals surface area contributed by atoms with Crippen molar-refractivity contribution in [3.8, 4) is 22.8 Å². The maximum absolute atomic E-state index is 12.4. The van der Waals surface area contributed by atoms with Crippen LogP contribution in [-0.2, 0) is 11.3 Å². The predicted octanol–water partition coefficient (Wildman–Crippen LogP) is 4.68. The number of amidine groups is 1. The quantitative estimate of drug-likeness (QED) is 0.341. The molecule has 0 unspecified atom stereocenters. The molecule has 194 valence electrons. The van der Waals surface area contributed by atoms with Crippen LogP contribution in [-0.4, -0.2) is 42.9 Å². The van der Waals surface area contributed by atoms with Gasteiger partial charge in [-0.2, -0.15) is 5.10 Å². The molecule has 0 saturated carbocycles. The zero-order valence-corrected chi connectivity index (χ0v) is 20.7. The number of carbonyl (C=O) groups is 1. The van der Waals surface area contributed by atoms with Crippen LogP contribution in [0.4, 0.5) is 18.9 Å². The molecule has 38 heavy (non-hydrogen) atoms. The molecule has 1 aliphatic rings. The number of aromatic nitrogens is 4. The van der Waals surface area contributed by atoms with Crippen molar-refractivity contribution >= 4 is 28.5 Å². The molecule has 0 bridgehead atoms. The fraction of sp³-hybridized carbons (Fsp3) is 0.160. The minimum absolute atomic E-state index is 0.0354. The maximum atomic E-state index is 12.4. The number of nitrogens with zero attached hydrogens (tertiary/aromatic N) is 6. The van der Waals surface area contributed by atoms with Crippen LogP contribution in [0.5, 0.6) is 5.75 Å². The van der Waals surface area contributed by atoms with Gasteiger partial charge in [-0.3, -0.25) is 14.7 Å². The Bertz CT molecular complexity index is 1470. The van der Waals surface area contributed by atoms with Crippen LogP contribution in [0.15, 0.2) is 78.4 Å². The number of hydrogen-bond donors (Lipinski definition) is 1. The zero-order valence-electron chi connectivity index (χ0n) is 19.9. The summed E-state index contributed by atoms with van der Waals surface area (Å²) in [5, 5.41) is 9.41. The second-order valence-electron chi connectivity index (χ2n) is 8.16. The van der Waals surface area contributed by atoms with Gasteiger partial charge >= 0.3 is 6.36 Å². The molecule has 1 aliphatic heterocycles. The Balaban J connectivity index is 1.22. The van der Waals surface area contributed by atoms with Crippen molar-refractivity contribution in [2.24, 2.45) is 5.10 Å². The zero-order chi connectivity index (χ0) is 26.7. The number of halogens is 3. The summed E-state index contributed by atoms with van der Waals surface area (Å²) >= 11 is 1.37. The summed E-state index contributed by atoms with van der Waals surface area (Å²) < 4.78 is 42.4. The number of carbonyl (C=O) groups excluding carboxylic acids is 1. The van der Waals surface area contributed by atoms with Gasteiger partial charge in [-0.1, -0.05) is 36.0 Å². The maximum Gasteiger partial charge on any atom is 0.573 e. The van der Waals surface area contributed by atoms with Gasteiger partial charge in [-0.15, -0.1) is 18.3 Å². The molecule has 2 aromatic carbocycles. The highest BCUT2D eigenvalue weighted by molar-refractivity contribution is 8.15. The highest BCUT2D eigenvalue weighted by Gasteiger charge is 2.31. The van der Waals surface area contributed by atoms with E-state index in [2.05, 4.69) is 30.3 Å². The number of ether oxygens (including phenoxy) is 1. The number of pyridine rings is 1. The van der Waals surface area contributed by atoms with Crippen LogP contribution < -0.4 is 15.1 Å². The topological polar surface area (TPSA) is 97.5 Å². The van der Waals surface area contributed by atoms with E-state index in [0.717, 1.165) is 22.4 Å². The highest BCUT2D eigenvalue weighted by atomic mass is 32.2. The van der Waals surface area contributed by atoms with Crippen molar-refractivity contribution in [3.63, 3.8) is 0 Å². The summed E-state index contributed by atoms with van der Waals surface area (Å²) in [7, 11) is 0. The van der Waals surface area contributed by atoms with E-state index in [1.54, 1.807) is 23.4 Å². The Kier molecular flexibility index (Phi) is 7.01. The number of anilines is 1. The summed E-state index contributed by atoms with van der Waals surface area (Å²) in [4.78, 5) is 22.4. The average Bonchev–Trinajstić information content (AvgIpc) is 3.52. The van der Waals surface area contributed by atoms with Gasteiger partial charge in [0, 0.05) is 18.0 Å². The first-order valence-electron chi connectivity index (χ1n) is 11.3. The molecule has 0 spiro atoms. The fourth-order valence-corrected chi connectivity index (χ4v) is 4.53. The number of amides is 1. The third-order valence-corrected chi connectivity index (χ3v) is 6.42. The molecule has 9 nitrogen and oxygen atoms in total. The third-order valence-electron chi connectivity index (χ3n) is 5.49. The molecule has 5 rings (SSSR count). The number of thioether (sulfide) groups is 1. The number of rotatable bonds is 7. The van der Waals surface area contributed by atoms with E-state index < -0.39 is 6.36 Å². The summed E-state index contributed by atoms with van der Waals surface area (Å²) in [6.07, 6.45) is 0.0909. The molecule has 1 amide bonds. The molecule has 2 aromatic heterocycles. The normalized spacial score (nSPS) is 14.8. The molecule has 1 N–H and O–H groups in total. The van der Waals surface area contributed by atoms with Crippen molar-refractivity contribution < 1.29 is 22.7 Å². The summed E-state index contributed by atoms with van der Waals surface area (Å²) in [5.74, 6) is 0.438. The second-order valence-corrected chi connectivity index (χ2v) is 9.10. The van der Waals surface area contributed by atoms with Crippen LogP contribution in [0.1, 0.15) is 11.1 Å². The lowest BCUT2D eigenvalue weighted by Gasteiger charge is -2.17. The van der Waals surface area contributed by atoms with Gasteiger partial charge in [0.2, 0.25) is 5.91 Å². The number of benzene rings is 2. The van der Waals surface area contributed by atoms with Gasteiger partial charge in [-0.25, -0.2) is 9.67 Å². The second kappa shape index (κ2) is 10.5. The van der Waals surface area contributed by atoms with Crippen molar-refractivity contribution in [1.29, 1.82) is 0 Å². The van der Waals surface area contributed by atoms with Gasteiger partial charge in [-0.05, 0) is 48.4 Å². The minimum Gasteiger partial charge on any atom is -0.406 e. The summed E-state index contributed by atoms with van der Waals surface area (Å²) in [6, 6.07) is 14.7. The van der Waals surface area contributed by atoms with Crippen LogP contribution >= 0.6 is 11.8 Å². The number of aryl methyl sites for hydroxylation is 1. The Labute approximate surface area is 219 Å². The molecule has 0 atom stereocenters. The fourth-order valence-electron chi connectivity index (χ4n) is 3.69. The Hall–Kier alpha value is -4.39. The first kappa shape index (κ1) is 25.3. The van der Waals surface area contributed by atoms with Crippen molar-refractivity contribution in [2.45, 2.75) is 19.8 Å². The summed E-state index contributed by atoms with van der Waals surface area (Å²) in [5.41, 5.74) is 6.94. The number of hydrazone groups is 1. The van der Waals surface area contributed by atoms with Crippen LogP contribution in [0.2, 0.25) is 0 Å². The largest absolute Gasteiger partial charge is 0.573 e. The Morgan fingerprint density at radius 3 is 2.58 bits per heavy atom. The molecule has 1 fully saturated rings. The van der Waals surface area contributed by atoms with E-state index in [0.29, 0.717) is 29.0 Å². The lowest BCUT2D eigenvalue weighted by atomic mass is 10.1. The lowest BCUT2D eigenvalue weighted by molar-refractivity contribution is -0.274. The molecule has 13 heteroatoms. The lowest BCUT2D eigenvalue weighted by Crippen LogP contribution is -2.31. The standard InChI is InChI=1S/C25H20F3N7O2S/c1-16-12-29-11-10-21(16)35-22(36)14-38-24(35)32-31-13-17-2-4-18(5-3-17)23-30-15-34(33-23)19-6-8-20(9-7-19)37-25(26,27)28/h2-12,15,31H,13-14H2,1H3/b32-24+. The number of alkyl halides is 3. The summed E-state index contributed by atoms with van der Waals surface area (Å²) in [6.45, 7) is 2.34. The molecular formula is C25H20F3N7O2S. The monoisotopic (exact) mass is 539 g/mol. The molecule has 4 aromatic rings. The van der Waals surface area contributed by atoms with E-state index in [9.17, 15) is 18.0 Å². The van der Waals surface area contributed by atoms with Gasteiger partial charge in [0.05, 0.1) is 23.7 Å². The van der Waals surface area contributed by atoms with E-state index in [-0.39, 0.29) is 11.7 Å². The van der Waals surface area contributed by atoms with Gasteiger partial charge < -0.3 is 10.2 Å². The van der Waals surface area contributed by atoms with E-state index in [1.165, 1.54) is 47.0 Å². The average molecular weight is 540 g/mol. The van der Waals surface area contributed by atoms with Crippen LogP contribution in [0.3, 0.4) is 0 Å². The first-order valence-corrected chi connectivity index (χ1v) is 12.3. The van der Waals surface area contributed by atoms with E-state index >= 15 is 0 Å². The molecule has 0 aliphatic carbocycles. The minimum atomic E-state index is -4.75. The predicted molar refractivity (Wildman–Crippen MR) is 137 cm³/mol. The highest BCUT2D eigenvalue weighted by Crippen LogP contribution is 2.28. The third kappa shape index (κ3) is 5.78.